The van der Waals surface area contributed by atoms with Crippen molar-refractivity contribution in [3.05, 3.63) is 40.7 Å². The number of aromatic nitrogens is 1. The van der Waals surface area contributed by atoms with Gasteiger partial charge < -0.3 is 29.2 Å². The van der Waals surface area contributed by atoms with Crippen molar-refractivity contribution in [1.29, 1.82) is 0 Å². The Morgan fingerprint density at radius 3 is 2.57 bits per heavy atom. The molecule has 0 radical (unpaired) electrons. The molecule has 1 aromatic heterocycles. The number of ether oxygens (including phenoxy) is 2. The highest BCUT2D eigenvalue weighted by Crippen LogP contribution is 2.38. The number of hydrogen-bond donors (Lipinski definition) is 3. The average Bonchev–Trinajstić information content (AvgIpc) is 3.33. The molecule has 1 aromatic carbocycles. The zero-order chi connectivity index (χ0) is 21.4. The molecule has 0 saturated carbocycles. The zero-order valence-corrected chi connectivity index (χ0v) is 18.6. The quantitative estimate of drug-likeness (QED) is 0.521. The van der Waals surface area contributed by atoms with Crippen LogP contribution in [0.5, 0.6) is 0 Å². The van der Waals surface area contributed by atoms with E-state index in [-0.39, 0.29) is 24.0 Å². The molecule has 4 rings (SSSR count). The van der Waals surface area contributed by atoms with Gasteiger partial charge in [0.25, 0.3) is 0 Å². The molecule has 7 nitrogen and oxygen atoms in total. The summed E-state index contributed by atoms with van der Waals surface area (Å²) in [5.41, 5.74) is 0.861. The van der Waals surface area contributed by atoms with E-state index >= 15 is 0 Å². The van der Waals surface area contributed by atoms with Crippen molar-refractivity contribution in [2.75, 3.05) is 6.61 Å². The van der Waals surface area contributed by atoms with Gasteiger partial charge in [0.05, 0.1) is 43.3 Å². The normalized spacial score (nSPS) is 33.3. The second-order valence-electron chi connectivity index (χ2n) is 8.43. The molecular formula is C22H28BrNO6. The number of aliphatic hydroxyl groups excluding tert-OH is 3. The molecule has 164 valence electrons. The predicted molar refractivity (Wildman–Crippen MR) is 113 cm³/mol. The van der Waals surface area contributed by atoms with Gasteiger partial charge in [-0.1, -0.05) is 22.9 Å². The van der Waals surface area contributed by atoms with Crippen LogP contribution in [0.2, 0.25) is 0 Å². The first-order valence-electron chi connectivity index (χ1n) is 10.4. The molecule has 0 amide bonds. The maximum Gasteiger partial charge on any atom is 0.226 e. The monoisotopic (exact) mass is 481 g/mol. The summed E-state index contributed by atoms with van der Waals surface area (Å²) in [5, 5.41) is 30.9. The molecule has 3 heterocycles. The molecule has 2 aliphatic rings. The van der Waals surface area contributed by atoms with Crippen LogP contribution in [-0.4, -0.2) is 63.5 Å². The van der Waals surface area contributed by atoms with E-state index in [0.717, 1.165) is 10.0 Å². The molecule has 8 atom stereocenters. The number of nitrogens with zero attached hydrogens (tertiary/aromatic N) is 1. The van der Waals surface area contributed by atoms with Gasteiger partial charge in [0.1, 0.15) is 11.9 Å². The van der Waals surface area contributed by atoms with Crippen molar-refractivity contribution < 1.29 is 29.2 Å². The molecule has 0 unspecified atom stereocenters. The van der Waals surface area contributed by atoms with E-state index < -0.39 is 24.4 Å². The van der Waals surface area contributed by atoms with Crippen molar-refractivity contribution >= 4 is 15.9 Å². The Hall–Kier alpha value is -1.29. The number of rotatable bonds is 7. The number of benzene rings is 1. The third kappa shape index (κ3) is 4.79. The first-order valence-corrected chi connectivity index (χ1v) is 11.1. The highest BCUT2D eigenvalue weighted by atomic mass is 79.9. The predicted octanol–water partition coefficient (Wildman–Crippen LogP) is 2.56. The molecule has 8 heteroatoms. The Labute approximate surface area is 184 Å². The van der Waals surface area contributed by atoms with Crippen molar-refractivity contribution in [3.63, 3.8) is 0 Å². The summed E-state index contributed by atoms with van der Waals surface area (Å²) < 4.78 is 18.3. The second kappa shape index (κ2) is 9.06. The lowest BCUT2D eigenvalue weighted by atomic mass is 9.86. The zero-order valence-electron chi connectivity index (χ0n) is 17.0. The van der Waals surface area contributed by atoms with Crippen molar-refractivity contribution in [3.8, 4) is 11.5 Å². The largest absolute Gasteiger partial charge is 0.441 e. The summed E-state index contributed by atoms with van der Waals surface area (Å²) in [6.45, 7) is 4.04. The summed E-state index contributed by atoms with van der Waals surface area (Å²) in [6, 6.07) is 7.65. The Kier molecular flexibility index (Phi) is 6.62. The van der Waals surface area contributed by atoms with Crippen LogP contribution < -0.4 is 0 Å². The van der Waals surface area contributed by atoms with Crippen LogP contribution in [0.3, 0.4) is 0 Å². The number of oxazole rings is 1. The molecular weight excluding hydrogens is 454 g/mol. The van der Waals surface area contributed by atoms with Crippen LogP contribution in [-0.2, 0) is 15.9 Å². The van der Waals surface area contributed by atoms with Crippen LogP contribution in [0.15, 0.2) is 39.4 Å². The van der Waals surface area contributed by atoms with E-state index in [4.69, 9.17) is 13.9 Å². The molecule has 2 fully saturated rings. The minimum Gasteiger partial charge on any atom is -0.441 e. The Morgan fingerprint density at radius 2 is 1.87 bits per heavy atom. The minimum atomic E-state index is -1.02. The van der Waals surface area contributed by atoms with E-state index in [1.54, 1.807) is 13.1 Å². The maximum absolute atomic E-state index is 10.6. The van der Waals surface area contributed by atoms with Gasteiger partial charge in [-0.2, -0.15) is 0 Å². The van der Waals surface area contributed by atoms with E-state index in [2.05, 4.69) is 20.9 Å². The van der Waals surface area contributed by atoms with E-state index in [9.17, 15) is 15.3 Å². The Morgan fingerprint density at radius 1 is 1.13 bits per heavy atom. The molecule has 30 heavy (non-hydrogen) atoms. The first-order chi connectivity index (χ1) is 14.3. The standard InChI is InChI=1S/C22H28BrNO6/c1-11(12(2)25)21-18(30-21)7-14-10-28-17(20(27)19(14)26)8-16-9-24-22(29-16)13-3-5-15(23)6-4-13/h3-6,9,11-12,14,17-21,25-27H,7-8,10H2,1-2H3/t11-,12-,14-,17-,18-,19+,20-,21-/m0/s1. The molecule has 0 aliphatic carbocycles. The fraction of sp³-hybridized carbons (Fsp3) is 0.591. The smallest absolute Gasteiger partial charge is 0.226 e. The summed E-state index contributed by atoms with van der Waals surface area (Å²) in [7, 11) is 0. The molecule has 0 bridgehead atoms. The SMILES string of the molecule is C[C@H]([C@@H]1O[C@H]1C[C@H]1CO[C@@H](Cc2cnc(-c3ccc(Br)cc3)o2)[C@H](O)[C@@H]1O)[C@H](C)O. The lowest BCUT2D eigenvalue weighted by Crippen LogP contribution is -2.51. The fourth-order valence-corrected chi connectivity index (χ4v) is 4.30. The van der Waals surface area contributed by atoms with E-state index in [0.29, 0.717) is 31.1 Å². The van der Waals surface area contributed by atoms with Gasteiger partial charge in [-0.25, -0.2) is 4.98 Å². The second-order valence-corrected chi connectivity index (χ2v) is 9.35. The highest BCUT2D eigenvalue weighted by molar-refractivity contribution is 9.10. The lowest BCUT2D eigenvalue weighted by molar-refractivity contribution is -0.166. The van der Waals surface area contributed by atoms with Crippen molar-refractivity contribution in [1.82, 2.24) is 4.98 Å². The van der Waals surface area contributed by atoms with Crippen molar-refractivity contribution in [2.24, 2.45) is 11.8 Å². The number of epoxide rings is 1. The summed E-state index contributed by atoms with van der Waals surface area (Å²) in [6.07, 6.45) is -0.366. The summed E-state index contributed by atoms with van der Waals surface area (Å²) >= 11 is 3.40. The van der Waals surface area contributed by atoms with Crippen LogP contribution in [0.1, 0.15) is 26.0 Å². The van der Waals surface area contributed by atoms with Gasteiger partial charge in [0.15, 0.2) is 0 Å². The Bertz CT molecular complexity index is 840. The van der Waals surface area contributed by atoms with E-state index in [1.165, 1.54) is 0 Å². The fourth-order valence-electron chi connectivity index (χ4n) is 4.04. The van der Waals surface area contributed by atoms with Gasteiger partial charge in [-0.05, 0) is 37.6 Å². The van der Waals surface area contributed by atoms with Gasteiger partial charge >= 0.3 is 0 Å². The Balaban J connectivity index is 1.32. The number of aliphatic hydroxyl groups is 3. The topological polar surface area (TPSA) is 108 Å². The van der Waals surface area contributed by atoms with Crippen LogP contribution in [0, 0.1) is 11.8 Å². The highest BCUT2D eigenvalue weighted by Gasteiger charge is 2.48. The summed E-state index contributed by atoms with van der Waals surface area (Å²) in [5.74, 6) is 0.936. The van der Waals surface area contributed by atoms with Gasteiger partial charge in [0.2, 0.25) is 5.89 Å². The minimum absolute atomic E-state index is 0.00158. The maximum atomic E-state index is 10.6. The molecule has 2 aliphatic heterocycles. The molecule has 2 saturated heterocycles. The lowest BCUT2D eigenvalue weighted by Gasteiger charge is -2.37. The molecule has 2 aromatic rings. The summed E-state index contributed by atoms with van der Waals surface area (Å²) in [4.78, 5) is 4.31. The van der Waals surface area contributed by atoms with Crippen LogP contribution in [0.4, 0.5) is 0 Å². The first kappa shape index (κ1) is 21.9. The van der Waals surface area contributed by atoms with Crippen LogP contribution >= 0.6 is 15.9 Å². The third-order valence-electron chi connectivity index (χ3n) is 6.22. The van der Waals surface area contributed by atoms with Crippen LogP contribution in [0.25, 0.3) is 11.5 Å². The van der Waals surface area contributed by atoms with Gasteiger partial charge in [-0.15, -0.1) is 0 Å². The number of hydrogen-bond acceptors (Lipinski definition) is 7. The average molecular weight is 482 g/mol. The van der Waals surface area contributed by atoms with Gasteiger partial charge in [-0.3, -0.25) is 0 Å². The third-order valence-corrected chi connectivity index (χ3v) is 6.75. The number of halogens is 1. The van der Waals surface area contributed by atoms with E-state index in [1.807, 2.05) is 31.2 Å². The molecule has 3 N–H and O–H groups in total. The van der Waals surface area contributed by atoms with Crippen molar-refractivity contribution in [2.45, 2.75) is 63.3 Å². The molecule has 0 spiro atoms. The van der Waals surface area contributed by atoms with Gasteiger partial charge in [0, 0.05) is 28.3 Å².